The molecule has 1 aliphatic heterocycles. The van der Waals surface area contributed by atoms with E-state index in [1.54, 1.807) is 12.0 Å². The van der Waals surface area contributed by atoms with Crippen molar-refractivity contribution < 1.29 is 19.4 Å². The van der Waals surface area contributed by atoms with Crippen molar-refractivity contribution in [2.75, 3.05) is 13.7 Å². The highest BCUT2D eigenvalue weighted by atomic mass is 16.5. The van der Waals surface area contributed by atoms with Crippen LogP contribution in [0.4, 0.5) is 0 Å². The SMILES string of the molecule is COc1ccc(CC(C)C(=O)N2CCCC[C@@H]2C(=O)O)cc1. The van der Waals surface area contributed by atoms with Crippen LogP contribution in [0.15, 0.2) is 24.3 Å². The number of hydrogen-bond acceptors (Lipinski definition) is 3. The first-order chi connectivity index (χ1) is 10.5. The minimum absolute atomic E-state index is 0.0667. The Kier molecular flexibility index (Phi) is 5.41. The Hall–Kier alpha value is -2.04. The normalized spacial score (nSPS) is 19.5. The van der Waals surface area contributed by atoms with E-state index < -0.39 is 12.0 Å². The van der Waals surface area contributed by atoms with Gasteiger partial charge in [0.05, 0.1) is 7.11 Å². The van der Waals surface area contributed by atoms with E-state index in [4.69, 9.17) is 4.74 Å². The molecule has 2 rings (SSSR count). The van der Waals surface area contributed by atoms with Crippen molar-refractivity contribution in [2.45, 2.75) is 38.6 Å². The molecule has 5 nitrogen and oxygen atoms in total. The predicted octanol–water partition coefficient (Wildman–Crippen LogP) is 2.34. The number of methoxy groups -OCH3 is 1. The summed E-state index contributed by atoms with van der Waals surface area (Å²) in [6.07, 6.45) is 2.90. The molecule has 5 heteroatoms. The van der Waals surface area contributed by atoms with E-state index >= 15 is 0 Å². The Morgan fingerprint density at radius 3 is 2.59 bits per heavy atom. The number of carbonyl (C=O) groups excluding carboxylic acids is 1. The lowest BCUT2D eigenvalue weighted by Crippen LogP contribution is -2.50. The third-order valence-corrected chi connectivity index (χ3v) is 4.19. The summed E-state index contributed by atoms with van der Waals surface area (Å²) in [5.74, 6) is -0.411. The number of hydrogen-bond donors (Lipinski definition) is 1. The lowest BCUT2D eigenvalue weighted by atomic mass is 9.96. The molecule has 1 heterocycles. The van der Waals surface area contributed by atoms with E-state index in [0.29, 0.717) is 19.4 Å². The van der Waals surface area contributed by atoms with Crippen LogP contribution < -0.4 is 4.74 Å². The number of piperidine rings is 1. The van der Waals surface area contributed by atoms with Crippen molar-refractivity contribution >= 4 is 11.9 Å². The summed E-state index contributed by atoms with van der Waals surface area (Å²) in [5, 5.41) is 9.28. The van der Waals surface area contributed by atoms with Crippen LogP contribution in [0, 0.1) is 5.92 Å². The highest BCUT2D eigenvalue weighted by Crippen LogP contribution is 2.22. The zero-order valence-electron chi connectivity index (χ0n) is 13.1. The molecule has 22 heavy (non-hydrogen) atoms. The Morgan fingerprint density at radius 1 is 1.32 bits per heavy atom. The number of amides is 1. The molecular weight excluding hydrogens is 282 g/mol. The number of ether oxygens (including phenoxy) is 1. The predicted molar refractivity (Wildman–Crippen MR) is 82.8 cm³/mol. The Morgan fingerprint density at radius 2 is 2.00 bits per heavy atom. The summed E-state index contributed by atoms with van der Waals surface area (Å²) in [4.78, 5) is 25.4. The van der Waals surface area contributed by atoms with Crippen LogP contribution in [0.25, 0.3) is 0 Å². The van der Waals surface area contributed by atoms with E-state index in [2.05, 4.69) is 0 Å². The fourth-order valence-corrected chi connectivity index (χ4v) is 2.94. The van der Waals surface area contributed by atoms with E-state index in [9.17, 15) is 14.7 Å². The molecule has 1 aromatic rings. The average molecular weight is 305 g/mol. The first-order valence-corrected chi connectivity index (χ1v) is 7.69. The second-order valence-electron chi connectivity index (χ2n) is 5.83. The average Bonchev–Trinajstić information content (AvgIpc) is 2.54. The van der Waals surface area contributed by atoms with Gasteiger partial charge in [0.15, 0.2) is 0 Å². The van der Waals surface area contributed by atoms with Crippen LogP contribution in [-0.4, -0.2) is 41.6 Å². The van der Waals surface area contributed by atoms with Crippen molar-refractivity contribution in [1.82, 2.24) is 4.90 Å². The summed E-state index contributed by atoms with van der Waals surface area (Å²) < 4.78 is 5.12. The van der Waals surface area contributed by atoms with Crippen LogP contribution >= 0.6 is 0 Å². The van der Waals surface area contributed by atoms with Crippen molar-refractivity contribution in [3.05, 3.63) is 29.8 Å². The van der Waals surface area contributed by atoms with Gasteiger partial charge in [0.2, 0.25) is 5.91 Å². The Balaban J connectivity index is 2.02. The van der Waals surface area contributed by atoms with Gasteiger partial charge < -0.3 is 14.7 Å². The summed E-state index contributed by atoms with van der Waals surface area (Å²) >= 11 is 0. The molecule has 1 amide bonds. The molecule has 1 N–H and O–H groups in total. The number of benzene rings is 1. The van der Waals surface area contributed by atoms with Gasteiger partial charge in [-0.05, 0) is 43.4 Å². The van der Waals surface area contributed by atoms with Crippen molar-refractivity contribution in [1.29, 1.82) is 0 Å². The van der Waals surface area contributed by atoms with E-state index in [1.807, 2.05) is 31.2 Å². The molecule has 120 valence electrons. The number of carboxylic acid groups (broad SMARTS) is 1. The van der Waals surface area contributed by atoms with Crippen LogP contribution in [0.5, 0.6) is 5.75 Å². The molecule has 1 aromatic carbocycles. The number of rotatable bonds is 5. The fraction of sp³-hybridized carbons (Fsp3) is 0.529. The minimum Gasteiger partial charge on any atom is -0.497 e. The topological polar surface area (TPSA) is 66.8 Å². The third-order valence-electron chi connectivity index (χ3n) is 4.19. The van der Waals surface area contributed by atoms with Gasteiger partial charge in [0.1, 0.15) is 11.8 Å². The van der Waals surface area contributed by atoms with E-state index in [1.165, 1.54) is 0 Å². The highest BCUT2D eigenvalue weighted by Gasteiger charge is 2.33. The van der Waals surface area contributed by atoms with Crippen molar-refractivity contribution in [3.8, 4) is 5.75 Å². The lowest BCUT2D eigenvalue weighted by molar-refractivity contribution is -0.153. The maximum Gasteiger partial charge on any atom is 0.326 e. The van der Waals surface area contributed by atoms with Crippen molar-refractivity contribution in [2.24, 2.45) is 5.92 Å². The second-order valence-corrected chi connectivity index (χ2v) is 5.83. The van der Waals surface area contributed by atoms with Crippen molar-refractivity contribution in [3.63, 3.8) is 0 Å². The molecule has 1 aliphatic rings. The second kappa shape index (κ2) is 7.29. The molecule has 0 bridgehead atoms. The summed E-state index contributed by atoms with van der Waals surface area (Å²) in [6, 6.07) is 6.95. The molecule has 1 unspecified atom stereocenters. The van der Waals surface area contributed by atoms with Crippen LogP contribution in [0.1, 0.15) is 31.7 Å². The first-order valence-electron chi connectivity index (χ1n) is 7.69. The molecule has 0 aromatic heterocycles. The third kappa shape index (κ3) is 3.78. The largest absolute Gasteiger partial charge is 0.497 e. The molecule has 0 saturated carbocycles. The van der Waals surface area contributed by atoms with Gasteiger partial charge in [-0.25, -0.2) is 4.79 Å². The van der Waals surface area contributed by atoms with Gasteiger partial charge in [-0.15, -0.1) is 0 Å². The van der Waals surface area contributed by atoms with Gasteiger partial charge >= 0.3 is 5.97 Å². The fourth-order valence-electron chi connectivity index (χ4n) is 2.94. The Labute approximate surface area is 130 Å². The minimum atomic E-state index is -0.898. The van der Waals surface area contributed by atoms with Crippen LogP contribution in [-0.2, 0) is 16.0 Å². The quantitative estimate of drug-likeness (QED) is 0.906. The molecular formula is C17H23NO4. The summed E-state index contributed by atoms with van der Waals surface area (Å²) in [7, 11) is 1.61. The lowest BCUT2D eigenvalue weighted by Gasteiger charge is -2.34. The zero-order valence-corrected chi connectivity index (χ0v) is 13.1. The monoisotopic (exact) mass is 305 g/mol. The molecule has 2 atom stereocenters. The standard InChI is InChI=1S/C17H23NO4/c1-12(11-13-6-8-14(22-2)9-7-13)16(19)18-10-4-3-5-15(18)17(20)21/h6-9,12,15H,3-5,10-11H2,1-2H3,(H,20,21)/t12?,15-/m1/s1. The van der Waals surface area contributed by atoms with Gasteiger partial charge in [-0.1, -0.05) is 19.1 Å². The highest BCUT2D eigenvalue weighted by molar-refractivity contribution is 5.85. The molecule has 1 fully saturated rings. The number of carbonyl (C=O) groups is 2. The van der Waals surface area contributed by atoms with Gasteiger partial charge in [-0.2, -0.15) is 0 Å². The van der Waals surface area contributed by atoms with Gasteiger partial charge in [-0.3, -0.25) is 4.79 Å². The van der Waals surface area contributed by atoms with Crippen LogP contribution in [0.3, 0.4) is 0 Å². The molecule has 0 radical (unpaired) electrons. The molecule has 0 spiro atoms. The number of carboxylic acids is 1. The maximum absolute atomic E-state index is 12.6. The first kappa shape index (κ1) is 16.3. The summed E-state index contributed by atoms with van der Waals surface area (Å²) in [6.45, 7) is 2.41. The van der Waals surface area contributed by atoms with Gasteiger partial charge in [0.25, 0.3) is 0 Å². The molecule has 1 saturated heterocycles. The Bertz CT molecular complexity index is 526. The zero-order chi connectivity index (χ0) is 16.1. The van der Waals surface area contributed by atoms with E-state index in [0.717, 1.165) is 24.2 Å². The van der Waals surface area contributed by atoms with Crippen LogP contribution in [0.2, 0.25) is 0 Å². The number of likely N-dealkylation sites (tertiary alicyclic amines) is 1. The van der Waals surface area contributed by atoms with Gasteiger partial charge in [0, 0.05) is 12.5 Å². The summed E-state index contributed by atoms with van der Waals surface area (Å²) in [5.41, 5.74) is 1.05. The molecule has 0 aliphatic carbocycles. The van der Waals surface area contributed by atoms with E-state index in [-0.39, 0.29) is 11.8 Å². The smallest absolute Gasteiger partial charge is 0.326 e. The maximum atomic E-state index is 12.6. The number of nitrogens with zero attached hydrogens (tertiary/aromatic N) is 1. The number of aliphatic carboxylic acids is 1.